The minimum Gasteiger partial charge on any atom is -0.493 e. The summed E-state index contributed by atoms with van der Waals surface area (Å²) in [6.45, 7) is 1.06. The number of likely N-dealkylation sites (tertiary alicyclic amines) is 1. The van der Waals surface area contributed by atoms with Gasteiger partial charge >= 0.3 is 0 Å². The Morgan fingerprint density at radius 2 is 1.91 bits per heavy atom. The lowest BCUT2D eigenvalue weighted by atomic mass is 10.1. The fourth-order valence-electron chi connectivity index (χ4n) is 3.60. The Bertz CT molecular complexity index is 1090. The smallest absolute Gasteiger partial charge is 0.272 e. The van der Waals surface area contributed by atoms with Gasteiger partial charge < -0.3 is 23.8 Å². The fourth-order valence-corrected chi connectivity index (χ4v) is 3.95. The lowest BCUT2D eigenvalue weighted by Crippen LogP contribution is -2.31. The maximum atomic E-state index is 13.0. The molecule has 3 heterocycles. The highest BCUT2D eigenvalue weighted by atomic mass is 79.9. The molecule has 1 fully saturated rings. The van der Waals surface area contributed by atoms with Gasteiger partial charge in [0.2, 0.25) is 11.6 Å². The molecule has 1 aromatic carbocycles. The van der Waals surface area contributed by atoms with Gasteiger partial charge in [-0.1, -0.05) is 0 Å². The molecule has 9 nitrogen and oxygen atoms in total. The van der Waals surface area contributed by atoms with Crippen molar-refractivity contribution in [2.24, 2.45) is 0 Å². The Morgan fingerprint density at radius 1 is 1.16 bits per heavy atom. The van der Waals surface area contributed by atoms with Crippen molar-refractivity contribution in [3.63, 3.8) is 0 Å². The highest BCUT2D eigenvalue weighted by Crippen LogP contribution is 2.41. The largest absolute Gasteiger partial charge is 0.493 e. The first-order valence-electron chi connectivity index (χ1n) is 9.96. The van der Waals surface area contributed by atoms with E-state index in [9.17, 15) is 4.79 Å². The number of halogens is 1. The molecule has 1 unspecified atom stereocenters. The monoisotopic (exact) mass is 502 g/mol. The number of ether oxygens (including phenoxy) is 4. The Morgan fingerprint density at radius 3 is 2.56 bits per heavy atom. The van der Waals surface area contributed by atoms with Gasteiger partial charge in [-0.2, -0.15) is 5.10 Å². The summed E-state index contributed by atoms with van der Waals surface area (Å²) >= 11 is 3.43. The van der Waals surface area contributed by atoms with Crippen LogP contribution in [-0.4, -0.2) is 66.5 Å². The van der Waals surface area contributed by atoms with E-state index in [2.05, 4.69) is 31.1 Å². The molecule has 1 N–H and O–H groups in total. The zero-order valence-electron chi connectivity index (χ0n) is 17.9. The van der Waals surface area contributed by atoms with Gasteiger partial charge in [0.1, 0.15) is 11.8 Å². The molecule has 0 saturated carbocycles. The van der Waals surface area contributed by atoms with Gasteiger partial charge in [0, 0.05) is 24.7 Å². The summed E-state index contributed by atoms with van der Waals surface area (Å²) in [6, 6.07) is 8.99. The van der Waals surface area contributed by atoms with Gasteiger partial charge in [0.25, 0.3) is 5.91 Å². The second-order valence-corrected chi connectivity index (χ2v) is 8.01. The van der Waals surface area contributed by atoms with E-state index in [1.165, 1.54) is 0 Å². The maximum Gasteiger partial charge on any atom is 0.272 e. The van der Waals surface area contributed by atoms with Crippen LogP contribution in [0.4, 0.5) is 0 Å². The molecule has 10 heteroatoms. The highest BCUT2D eigenvalue weighted by Gasteiger charge is 2.30. The quantitative estimate of drug-likeness (QED) is 0.527. The number of amides is 1. The van der Waals surface area contributed by atoms with Crippen LogP contribution in [0.25, 0.3) is 11.3 Å². The molecule has 4 rings (SSSR count). The number of hydrogen-bond donors (Lipinski definition) is 1. The number of hydrogen-bond acceptors (Lipinski definition) is 7. The van der Waals surface area contributed by atoms with E-state index in [1.807, 2.05) is 12.1 Å². The van der Waals surface area contributed by atoms with Crippen LogP contribution in [0.3, 0.4) is 0 Å². The molecule has 1 aliphatic rings. The summed E-state index contributed by atoms with van der Waals surface area (Å²) in [5.41, 5.74) is 1.72. The predicted octanol–water partition coefficient (Wildman–Crippen LogP) is 3.55. The summed E-state index contributed by atoms with van der Waals surface area (Å²) in [6.07, 6.45) is 2.28. The number of aromatic nitrogens is 3. The van der Waals surface area contributed by atoms with Gasteiger partial charge in [-0.05, 0) is 46.3 Å². The minimum absolute atomic E-state index is 0.123. The van der Waals surface area contributed by atoms with Crippen molar-refractivity contribution in [2.75, 3.05) is 34.4 Å². The number of H-pyrrole nitrogens is 1. The van der Waals surface area contributed by atoms with Crippen molar-refractivity contribution in [3.05, 3.63) is 46.7 Å². The van der Waals surface area contributed by atoms with Crippen molar-refractivity contribution in [1.29, 1.82) is 0 Å². The minimum atomic E-state index is -0.137. The zero-order chi connectivity index (χ0) is 22.7. The van der Waals surface area contributed by atoms with E-state index < -0.39 is 0 Å². The van der Waals surface area contributed by atoms with E-state index in [0.717, 1.165) is 16.5 Å². The number of carbonyl (C=O) groups is 1. The number of pyridine rings is 1. The Kier molecular flexibility index (Phi) is 6.50. The number of benzene rings is 1. The topological polar surface area (TPSA) is 98.8 Å². The number of rotatable bonds is 7. The molecular formula is C22H23BrN4O5. The summed E-state index contributed by atoms with van der Waals surface area (Å²) in [7, 11) is 4.65. The zero-order valence-corrected chi connectivity index (χ0v) is 19.5. The van der Waals surface area contributed by atoms with Crippen LogP contribution in [0.15, 0.2) is 41.0 Å². The maximum absolute atomic E-state index is 13.0. The van der Waals surface area contributed by atoms with Crippen LogP contribution in [0.2, 0.25) is 0 Å². The molecule has 1 aliphatic heterocycles. The van der Waals surface area contributed by atoms with Gasteiger partial charge in [0.15, 0.2) is 11.5 Å². The van der Waals surface area contributed by atoms with Crippen LogP contribution in [0, 0.1) is 0 Å². The molecule has 0 aliphatic carbocycles. The molecule has 168 valence electrons. The normalized spacial score (nSPS) is 15.5. The van der Waals surface area contributed by atoms with Gasteiger partial charge in [-0.15, -0.1) is 0 Å². The standard InChI is InChI=1S/C22H23BrN4O5/c1-29-18-9-13(10-19(30-2)20(18)31-3)16-11-17(26-25-16)22(28)27-8-6-14(12-27)32-21-15(23)5-4-7-24-21/h4-5,7,9-11,14H,6,8,12H2,1-3H3,(H,25,26). The summed E-state index contributed by atoms with van der Waals surface area (Å²) in [4.78, 5) is 19.0. The number of nitrogens with one attached hydrogen (secondary N) is 1. The first-order chi connectivity index (χ1) is 15.5. The third-order valence-electron chi connectivity index (χ3n) is 5.20. The molecule has 2 aromatic heterocycles. The van der Waals surface area contributed by atoms with Gasteiger partial charge in [-0.3, -0.25) is 9.89 Å². The van der Waals surface area contributed by atoms with E-state index >= 15 is 0 Å². The van der Waals surface area contributed by atoms with Crippen molar-refractivity contribution >= 4 is 21.8 Å². The third kappa shape index (κ3) is 4.36. The lowest BCUT2D eigenvalue weighted by Gasteiger charge is -2.16. The van der Waals surface area contributed by atoms with E-state index in [4.69, 9.17) is 18.9 Å². The predicted molar refractivity (Wildman–Crippen MR) is 121 cm³/mol. The van der Waals surface area contributed by atoms with Crippen molar-refractivity contribution < 1.29 is 23.7 Å². The molecule has 0 spiro atoms. The SMILES string of the molecule is COc1cc(-c2cc(C(=O)N3CCC(Oc4ncccc4Br)C3)[nH]n2)cc(OC)c1OC. The fraction of sp³-hybridized carbons (Fsp3) is 0.318. The third-order valence-corrected chi connectivity index (χ3v) is 5.81. The van der Waals surface area contributed by atoms with Crippen LogP contribution in [0.1, 0.15) is 16.9 Å². The second-order valence-electron chi connectivity index (χ2n) is 7.15. The molecule has 0 radical (unpaired) electrons. The molecule has 32 heavy (non-hydrogen) atoms. The van der Waals surface area contributed by atoms with E-state index in [0.29, 0.717) is 47.6 Å². The summed E-state index contributed by atoms with van der Waals surface area (Å²) in [5.74, 6) is 1.91. The molecule has 3 aromatic rings. The number of carbonyl (C=O) groups excluding carboxylic acids is 1. The highest BCUT2D eigenvalue weighted by molar-refractivity contribution is 9.10. The van der Waals surface area contributed by atoms with E-state index in [1.54, 1.807) is 50.6 Å². The van der Waals surface area contributed by atoms with Crippen molar-refractivity contribution in [1.82, 2.24) is 20.1 Å². The van der Waals surface area contributed by atoms with Crippen LogP contribution in [0.5, 0.6) is 23.1 Å². The van der Waals surface area contributed by atoms with Crippen LogP contribution < -0.4 is 18.9 Å². The van der Waals surface area contributed by atoms with Gasteiger partial charge in [-0.25, -0.2) is 4.98 Å². The van der Waals surface area contributed by atoms with Gasteiger partial charge in [0.05, 0.1) is 38.0 Å². The number of methoxy groups -OCH3 is 3. The molecule has 1 amide bonds. The van der Waals surface area contributed by atoms with Crippen LogP contribution >= 0.6 is 15.9 Å². The second kappa shape index (κ2) is 9.47. The van der Waals surface area contributed by atoms with Crippen molar-refractivity contribution in [2.45, 2.75) is 12.5 Å². The summed E-state index contributed by atoms with van der Waals surface area (Å²) < 4.78 is 22.9. The molecule has 1 atom stereocenters. The average Bonchev–Trinajstić information content (AvgIpc) is 3.49. The van der Waals surface area contributed by atoms with Crippen molar-refractivity contribution in [3.8, 4) is 34.4 Å². The number of nitrogens with zero attached hydrogens (tertiary/aromatic N) is 3. The first kappa shape index (κ1) is 21.9. The number of aromatic amines is 1. The van der Waals surface area contributed by atoms with E-state index in [-0.39, 0.29) is 12.0 Å². The summed E-state index contributed by atoms with van der Waals surface area (Å²) in [5, 5.41) is 7.16. The Labute approximate surface area is 193 Å². The molecule has 1 saturated heterocycles. The Hall–Kier alpha value is -3.27. The van der Waals surface area contributed by atoms with Crippen LogP contribution in [-0.2, 0) is 0 Å². The molecular weight excluding hydrogens is 480 g/mol. The molecule has 0 bridgehead atoms. The Balaban J connectivity index is 1.48. The lowest BCUT2D eigenvalue weighted by molar-refractivity contribution is 0.0765. The average molecular weight is 503 g/mol. The first-order valence-corrected chi connectivity index (χ1v) is 10.8.